The summed E-state index contributed by atoms with van der Waals surface area (Å²) in [6, 6.07) is 0. The van der Waals surface area contributed by atoms with Gasteiger partial charge in [0.2, 0.25) is 5.82 Å². The van der Waals surface area contributed by atoms with Crippen LogP contribution in [0.3, 0.4) is 0 Å². The van der Waals surface area contributed by atoms with Crippen LogP contribution in [-0.4, -0.2) is 61.5 Å². The van der Waals surface area contributed by atoms with Crippen LogP contribution in [0.25, 0.3) is 0 Å². The van der Waals surface area contributed by atoms with Gasteiger partial charge in [-0.05, 0) is 13.3 Å². The van der Waals surface area contributed by atoms with E-state index in [0.29, 0.717) is 10.8 Å². The van der Waals surface area contributed by atoms with Crippen LogP contribution < -0.4 is 11.2 Å². The first-order valence-electron chi connectivity index (χ1n) is 13.1. The summed E-state index contributed by atoms with van der Waals surface area (Å²) in [7, 11) is -4.68. The van der Waals surface area contributed by atoms with E-state index in [1.165, 1.54) is 38.5 Å². The van der Waals surface area contributed by atoms with Crippen molar-refractivity contribution in [3.05, 3.63) is 32.9 Å². The van der Waals surface area contributed by atoms with Crippen LogP contribution in [-0.2, 0) is 23.1 Å². The van der Waals surface area contributed by atoms with Crippen molar-refractivity contribution < 1.29 is 42.6 Å². The molecule has 2 heterocycles. The molecule has 0 spiro atoms. The number of halogens is 1. The van der Waals surface area contributed by atoms with Crippen molar-refractivity contribution in [3.63, 3.8) is 0 Å². The summed E-state index contributed by atoms with van der Waals surface area (Å²) in [4.78, 5) is 47.1. The molecular weight excluding hydrogens is 538 g/mol. The van der Waals surface area contributed by atoms with Crippen LogP contribution >= 0.6 is 7.82 Å². The van der Waals surface area contributed by atoms with E-state index >= 15 is 0 Å². The molecule has 4 N–H and O–H groups in total. The summed E-state index contributed by atoms with van der Waals surface area (Å²) >= 11 is 0. The molecule has 1 saturated heterocycles. The average Bonchev–Trinajstić information content (AvgIpc) is 3.14. The predicted molar refractivity (Wildman–Crippen MR) is 138 cm³/mol. The molecule has 2 rings (SSSR count). The van der Waals surface area contributed by atoms with E-state index in [-0.39, 0.29) is 13.0 Å². The zero-order valence-corrected chi connectivity index (χ0v) is 23.2. The summed E-state index contributed by atoms with van der Waals surface area (Å²) in [6.07, 6.45) is 5.20. The smallest absolute Gasteiger partial charge is 0.385 e. The number of carbonyl (C=O) groups excluding carboxylic acids is 1. The second-order valence-electron chi connectivity index (χ2n) is 9.41. The van der Waals surface area contributed by atoms with Crippen LogP contribution in [0.4, 0.5) is 4.39 Å². The van der Waals surface area contributed by atoms with Gasteiger partial charge in [-0.1, -0.05) is 51.9 Å². The highest BCUT2D eigenvalue weighted by Gasteiger charge is 2.60. The monoisotopic (exact) mass is 576 g/mol. The number of ether oxygens (including phenoxy) is 1. The number of aromatic nitrogens is 2. The Labute approximate surface area is 226 Å². The van der Waals surface area contributed by atoms with E-state index in [2.05, 4.69) is 18.8 Å². The third-order valence-corrected chi connectivity index (χ3v) is 7.41. The number of nitrogens with one attached hydrogen (secondary N) is 1. The molecule has 0 radical (unpaired) electrons. The lowest BCUT2D eigenvalue weighted by Crippen LogP contribution is -2.55. The Hall–Kier alpha value is -2.17. The lowest BCUT2D eigenvalue weighted by molar-refractivity contribution is -0.151. The number of Topliss-reactive ketones (excluding diaryl/α,β-unsaturated/α-hetero) is 1. The molecular formula is C25H38FN2O10P. The number of unbranched alkanes of at least 4 members (excludes halogenated alkanes) is 8. The molecule has 220 valence electrons. The van der Waals surface area contributed by atoms with Gasteiger partial charge < -0.3 is 19.8 Å². The molecule has 1 aromatic rings. The first-order chi connectivity index (χ1) is 18.4. The first-order valence-corrected chi connectivity index (χ1v) is 14.6. The fourth-order valence-electron chi connectivity index (χ4n) is 4.16. The number of phosphoric acid groups is 1. The first kappa shape index (κ1) is 33.0. The number of H-pyrrole nitrogens is 1. The van der Waals surface area contributed by atoms with Crippen LogP contribution in [0, 0.1) is 17.7 Å². The van der Waals surface area contributed by atoms with E-state index in [9.17, 15) is 38.4 Å². The fourth-order valence-corrected chi connectivity index (χ4v) is 4.88. The molecule has 5 atom stereocenters. The zero-order valence-electron chi connectivity index (χ0n) is 22.3. The summed E-state index contributed by atoms with van der Waals surface area (Å²) in [5, 5.41) is 21.4. The van der Waals surface area contributed by atoms with Crippen molar-refractivity contribution in [2.75, 3.05) is 13.2 Å². The molecule has 1 fully saturated rings. The number of aromatic amines is 1. The standard InChI is InChI=1S/C25H38FN2O10P/c1-3-4-5-6-7-8-9-10-11-12-13-14-15-36-39(34,35)37-17-20-25(33,18(2)29)21(30)23(38-20)28-16-19(26)22(31)27-24(28)32/h16,20-21,23,30,33H,3-11,14-15,17H2,1-2H3,(H,34,35)(H,27,31,32)/t20-,21+,23-,25-/m1/s1. The molecule has 14 heteroatoms. The van der Waals surface area contributed by atoms with Gasteiger partial charge in [0, 0.05) is 12.8 Å². The van der Waals surface area contributed by atoms with Crippen LogP contribution in [0.2, 0.25) is 0 Å². The summed E-state index contributed by atoms with van der Waals surface area (Å²) in [5.74, 6) is 3.44. The average molecular weight is 577 g/mol. The summed E-state index contributed by atoms with van der Waals surface area (Å²) < 4.78 is 41.5. The van der Waals surface area contributed by atoms with Gasteiger partial charge in [-0.2, -0.15) is 4.39 Å². The largest absolute Gasteiger partial charge is 0.472 e. The number of ketones is 1. The number of rotatable bonds is 16. The van der Waals surface area contributed by atoms with E-state index in [1.54, 1.807) is 4.98 Å². The fraction of sp³-hybridized carbons (Fsp3) is 0.720. The van der Waals surface area contributed by atoms with E-state index in [1.807, 2.05) is 0 Å². The van der Waals surface area contributed by atoms with Gasteiger partial charge in [0.1, 0.15) is 12.2 Å². The van der Waals surface area contributed by atoms with Gasteiger partial charge in [-0.15, -0.1) is 11.8 Å². The molecule has 1 unspecified atom stereocenters. The van der Waals surface area contributed by atoms with Crippen molar-refractivity contribution in [1.82, 2.24) is 9.55 Å². The quantitative estimate of drug-likeness (QED) is 0.130. The minimum absolute atomic E-state index is 0.170. The van der Waals surface area contributed by atoms with Crippen LogP contribution in [0.15, 0.2) is 15.8 Å². The van der Waals surface area contributed by atoms with E-state index in [4.69, 9.17) is 13.8 Å². The number of aliphatic hydroxyl groups excluding tert-OH is 1. The Balaban J connectivity index is 1.83. The lowest BCUT2D eigenvalue weighted by Gasteiger charge is -2.28. The maximum Gasteiger partial charge on any atom is 0.472 e. The van der Waals surface area contributed by atoms with E-state index < -0.39 is 61.3 Å². The zero-order chi connectivity index (χ0) is 29.1. The molecule has 0 amide bonds. The third kappa shape index (κ3) is 9.46. The van der Waals surface area contributed by atoms with Crippen molar-refractivity contribution in [2.24, 2.45) is 0 Å². The highest BCUT2D eigenvalue weighted by Crippen LogP contribution is 2.46. The molecule has 0 aromatic carbocycles. The van der Waals surface area contributed by atoms with Gasteiger partial charge in [0.25, 0.3) is 5.56 Å². The number of hydrogen-bond acceptors (Lipinski definition) is 9. The molecule has 0 bridgehead atoms. The molecule has 0 saturated carbocycles. The van der Waals surface area contributed by atoms with Crippen molar-refractivity contribution in [2.45, 2.75) is 102 Å². The van der Waals surface area contributed by atoms with Crippen molar-refractivity contribution >= 4 is 13.6 Å². The number of carbonyl (C=O) groups is 1. The Kier molecular flexibility index (Phi) is 13.2. The molecule has 12 nitrogen and oxygen atoms in total. The van der Waals surface area contributed by atoms with Crippen molar-refractivity contribution in [3.8, 4) is 11.8 Å². The Morgan fingerprint density at radius 3 is 2.41 bits per heavy atom. The highest BCUT2D eigenvalue weighted by molar-refractivity contribution is 7.47. The normalized spacial score (nSPS) is 24.2. The maximum atomic E-state index is 13.7. The topological polar surface area (TPSA) is 177 Å². The Morgan fingerprint density at radius 2 is 1.77 bits per heavy atom. The van der Waals surface area contributed by atoms with Gasteiger partial charge in [0.05, 0.1) is 19.4 Å². The molecule has 1 aliphatic rings. The lowest BCUT2D eigenvalue weighted by atomic mass is 9.88. The van der Waals surface area contributed by atoms with Crippen molar-refractivity contribution in [1.29, 1.82) is 0 Å². The van der Waals surface area contributed by atoms with Gasteiger partial charge >= 0.3 is 13.5 Å². The number of phosphoric ester groups is 1. The minimum Gasteiger partial charge on any atom is -0.385 e. The highest BCUT2D eigenvalue weighted by atomic mass is 31.2. The maximum absolute atomic E-state index is 13.7. The molecule has 39 heavy (non-hydrogen) atoms. The minimum atomic E-state index is -4.68. The number of hydrogen-bond donors (Lipinski definition) is 4. The SMILES string of the molecule is CCCCCCCCCCC#CCCOP(=O)(O)OC[C@H]1O[C@@H](n2cc(F)c(=O)[nH]c2=O)[C@H](O)[C@@]1(O)C(C)=O. The second-order valence-corrected chi connectivity index (χ2v) is 10.9. The second kappa shape index (κ2) is 15.6. The van der Waals surface area contributed by atoms with E-state index in [0.717, 1.165) is 26.2 Å². The third-order valence-electron chi connectivity index (χ3n) is 6.43. The Morgan fingerprint density at radius 1 is 1.15 bits per heavy atom. The van der Waals surface area contributed by atoms with Gasteiger partial charge in [0.15, 0.2) is 17.6 Å². The summed E-state index contributed by atoms with van der Waals surface area (Å²) in [5.41, 5.74) is -5.18. The number of nitrogens with zero attached hydrogens (tertiary/aromatic N) is 1. The number of aliphatic hydroxyl groups is 2. The van der Waals surface area contributed by atoms with Gasteiger partial charge in [-0.25, -0.2) is 9.36 Å². The van der Waals surface area contributed by atoms with Gasteiger partial charge in [-0.3, -0.25) is 28.2 Å². The molecule has 1 aromatic heterocycles. The molecule has 1 aliphatic heterocycles. The Bertz CT molecular complexity index is 1180. The van der Waals surface area contributed by atoms with Crippen LogP contribution in [0.1, 0.15) is 84.3 Å². The van der Waals surface area contributed by atoms with Crippen LogP contribution in [0.5, 0.6) is 0 Å². The molecule has 0 aliphatic carbocycles. The summed E-state index contributed by atoms with van der Waals surface area (Å²) in [6.45, 7) is 1.98. The predicted octanol–water partition coefficient (Wildman–Crippen LogP) is 2.31.